The van der Waals surface area contributed by atoms with Crippen LogP contribution < -0.4 is 5.73 Å². The molecule has 0 saturated heterocycles. The Morgan fingerprint density at radius 2 is 2.00 bits per heavy atom. The fourth-order valence-electron chi connectivity index (χ4n) is 0.588. The van der Waals surface area contributed by atoms with Crippen LogP contribution in [0.4, 0.5) is 4.39 Å². The van der Waals surface area contributed by atoms with E-state index in [9.17, 15) is 4.39 Å². The highest BCUT2D eigenvalue weighted by molar-refractivity contribution is 4.81. The van der Waals surface area contributed by atoms with Crippen LogP contribution in [0, 0.1) is 0 Å². The van der Waals surface area contributed by atoms with Crippen molar-refractivity contribution in [3.63, 3.8) is 0 Å². The predicted molar refractivity (Wildman–Crippen MR) is 22.1 cm³/mol. The minimum absolute atomic E-state index is 0.167. The molecule has 0 amide bonds. The Hall–Kier alpha value is -0.110. The van der Waals surface area contributed by atoms with E-state index in [1.54, 1.807) is 0 Å². The summed E-state index contributed by atoms with van der Waals surface area (Å²) in [5.74, 6) is 0. The van der Waals surface area contributed by atoms with Gasteiger partial charge in [-0.1, -0.05) is 0 Å². The largest absolute Gasteiger partial charge is 0.327 e. The molecule has 0 aliphatic heterocycles. The molecule has 1 rings (SSSR count). The molecule has 2 N–H and O–H groups in total. The molecule has 0 radical (unpaired) electrons. The average Bonchev–Trinajstić information content (AvgIpc) is 1.33. The number of alkyl halides is 1. The second kappa shape index (κ2) is 1.19. The zero-order valence-corrected chi connectivity index (χ0v) is 3.52. The van der Waals surface area contributed by atoms with Crippen LogP contribution in [0.25, 0.3) is 0 Å². The summed E-state index contributed by atoms with van der Waals surface area (Å²) >= 11 is 0. The van der Waals surface area contributed by atoms with Gasteiger partial charge in [0.1, 0.15) is 6.17 Å². The number of halogens is 1. The van der Waals surface area contributed by atoms with Crippen molar-refractivity contribution >= 4 is 0 Å². The number of nitrogens with two attached hydrogens (primary N) is 1. The van der Waals surface area contributed by atoms with Gasteiger partial charge in [0.15, 0.2) is 0 Å². The normalized spacial score (nSPS) is 45.0. The summed E-state index contributed by atoms with van der Waals surface area (Å²) in [7, 11) is 0. The van der Waals surface area contributed by atoms with Gasteiger partial charge < -0.3 is 5.73 Å². The van der Waals surface area contributed by atoms with Crippen LogP contribution in [0.15, 0.2) is 0 Å². The van der Waals surface area contributed by atoms with Crippen molar-refractivity contribution in [3.8, 4) is 0 Å². The van der Waals surface area contributed by atoms with Crippen LogP contribution in [0.3, 0.4) is 0 Å². The summed E-state index contributed by atoms with van der Waals surface area (Å²) in [6, 6.07) is 0.167. The van der Waals surface area contributed by atoms with Gasteiger partial charge in [-0.05, 0) is 12.8 Å². The van der Waals surface area contributed by atoms with E-state index in [-0.39, 0.29) is 6.04 Å². The lowest BCUT2D eigenvalue weighted by Crippen LogP contribution is -2.37. The van der Waals surface area contributed by atoms with Gasteiger partial charge in [-0.15, -0.1) is 0 Å². The molecule has 0 heterocycles. The van der Waals surface area contributed by atoms with Gasteiger partial charge in [-0.2, -0.15) is 0 Å². The maximum Gasteiger partial charge on any atom is 0.103 e. The first-order valence-corrected chi connectivity index (χ1v) is 2.18. The molecular weight excluding hydrogens is 80.1 g/mol. The molecule has 0 aromatic rings. The highest BCUT2D eigenvalue weighted by atomic mass is 18.2. The minimum Gasteiger partial charge on any atom is -0.327 e. The van der Waals surface area contributed by atoms with Gasteiger partial charge in [0.25, 0.3) is 0 Å². The molecule has 1 aliphatic rings. The van der Waals surface area contributed by atoms with Crippen LogP contribution >= 0.6 is 0 Å². The van der Waals surface area contributed by atoms with E-state index < -0.39 is 6.17 Å². The first-order valence-electron chi connectivity index (χ1n) is 2.18. The topological polar surface area (TPSA) is 26.0 Å². The van der Waals surface area contributed by atoms with Crippen LogP contribution in [-0.2, 0) is 0 Å². The quantitative estimate of drug-likeness (QED) is 0.457. The second-order valence-electron chi connectivity index (χ2n) is 1.83. The Kier molecular flexibility index (Phi) is 0.804. The van der Waals surface area contributed by atoms with E-state index in [1.807, 2.05) is 0 Å². The van der Waals surface area contributed by atoms with Crippen molar-refractivity contribution in [2.75, 3.05) is 0 Å². The summed E-state index contributed by atoms with van der Waals surface area (Å²) in [5, 5.41) is 0. The lowest BCUT2D eigenvalue weighted by molar-refractivity contribution is 0.181. The van der Waals surface area contributed by atoms with Gasteiger partial charge in [-0.3, -0.25) is 0 Å². The average molecular weight is 88.1 g/mol. The first-order chi connectivity index (χ1) is 2.79. The van der Waals surface area contributed by atoms with Crippen molar-refractivity contribution in [1.82, 2.24) is 0 Å². The molecule has 0 atom stereocenters. The van der Waals surface area contributed by atoms with Crippen molar-refractivity contribution in [2.24, 2.45) is 5.73 Å². The Balaban J connectivity index is 2.11. The third-order valence-corrected chi connectivity index (χ3v) is 1.12. The van der Waals surface area contributed by atoms with E-state index in [0.29, 0.717) is 12.8 Å². The van der Waals surface area contributed by atoms with E-state index in [1.165, 1.54) is 0 Å². The highest BCUT2D eigenvalue weighted by Gasteiger charge is 2.24. The van der Waals surface area contributed by atoms with Crippen LogP contribution in [0.1, 0.15) is 12.8 Å². The third kappa shape index (κ3) is 0.522. The summed E-state index contributed by atoms with van der Waals surface area (Å²) in [4.78, 5) is 0. The van der Waals surface area contributed by atoms with Gasteiger partial charge in [-0.25, -0.2) is 4.39 Å². The Morgan fingerprint density at radius 1 is 1.50 bits per heavy atom. The number of hydrogen-bond donors (Lipinski definition) is 1. The summed E-state index contributed by atoms with van der Waals surface area (Å²) in [6.07, 6.45) is 0.583. The maximum absolute atomic E-state index is 11.7. The number of hydrogen-bond acceptors (Lipinski definition) is 1. The lowest BCUT2D eigenvalue weighted by Gasteiger charge is -2.24. The Labute approximate surface area is 36.3 Å². The summed E-state index contributed by atoms with van der Waals surface area (Å²) < 4.78 is 11.7. The summed E-state index contributed by atoms with van der Waals surface area (Å²) in [5.41, 5.74) is 5.23. The van der Waals surface area contributed by atoms with E-state index >= 15 is 0 Å². The van der Waals surface area contributed by atoms with Gasteiger partial charge >= 0.3 is 0 Å². The van der Waals surface area contributed by atoms with Crippen molar-refractivity contribution in [3.05, 3.63) is 0 Å². The molecule has 0 aromatic heterocycles. The molecule has 1 nitrogen and oxygen atoms in total. The Bertz CT molecular complexity index is 43.5. The SMILES string of the molecule is NC1CC([18F])C1. The highest BCUT2D eigenvalue weighted by Crippen LogP contribution is 2.20. The zero-order valence-electron chi connectivity index (χ0n) is 3.52. The molecule has 6 heavy (non-hydrogen) atoms. The Morgan fingerprint density at radius 3 is 2.00 bits per heavy atom. The standard InChI is InChI=1S/C4H8FN/c5-3-1-4(6)2-3/h3-4H,1-2,6H2/i5-1. The van der Waals surface area contributed by atoms with Crippen molar-refractivity contribution in [1.29, 1.82) is 0 Å². The molecule has 2 heteroatoms. The zero-order chi connectivity index (χ0) is 4.57. The molecule has 0 aromatic carbocycles. The fourth-order valence-corrected chi connectivity index (χ4v) is 0.588. The van der Waals surface area contributed by atoms with E-state index in [4.69, 9.17) is 5.73 Å². The van der Waals surface area contributed by atoms with Crippen molar-refractivity contribution in [2.45, 2.75) is 25.1 Å². The molecule has 0 bridgehead atoms. The molecule has 0 unspecified atom stereocenters. The maximum atomic E-state index is 11.7. The van der Waals surface area contributed by atoms with E-state index in [2.05, 4.69) is 0 Å². The monoisotopic (exact) mass is 88.1 g/mol. The molecular formula is C4H8FN. The lowest BCUT2D eigenvalue weighted by atomic mass is 9.92. The molecule has 36 valence electrons. The fraction of sp³-hybridized carbons (Fsp3) is 1.00. The van der Waals surface area contributed by atoms with Crippen LogP contribution in [0.2, 0.25) is 0 Å². The smallest absolute Gasteiger partial charge is 0.103 e. The predicted octanol–water partition coefficient (Wildman–Crippen LogP) is 0.446. The molecule has 1 fully saturated rings. The third-order valence-electron chi connectivity index (χ3n) is 1.12. The second-order valence-corrected chi connectivity index (χ2v) is 1.83. The first kappa shape index (κ1) is 4.06. The summed E-state index contributed by atoms with van der Waals surface area (Å²) in [6.45, 7) is 0. The van der Waals surface area contributed by atoms with Gasteiger partial charge in [0.2, 0.25) is 0 Å². The molecule has 0 spiro atoms. The molecule has 1 aliphatic carbocycles. The van der Waals surface area contributed by atoms with Crippen molar-refractivity contribution < 1.29 is 4.39 Å². The molecule has 1 saturated carbocycles. The van der Waals surface area contributed by atoms with Gasteiger partial charge in [0.05, 0.1) is 0 Å². The minimum atomic E-state index is -0.583. The van der Waals surface area contributed by atoms with Gasteiger partial charge in [0, 0.05) is 6.04 Å². The van der Waals surface area contributed by atoms with Crippen LogP contribution in [-0.4, -0.2) is 12.2 Å². The number of rotatable bonds is 0. The van der Waals surface area contributed by atoms with Crippen LogP contribution in [0.5, 0.6) is 0 Å². The van der Waals surface area contributed by atoms with E-state index in [0.717, 1.165) is 0 Å².